The lowest BCUT2D eigenvalue weighted by atomic mass is 9.95. The minimum atomic E-state index is -0.381. The van der Waals surface area contributed by atoms with Gasteiger partial charge in [-0.05, 0) is 49.7 Å². The molecule has 0 saturated heterocycles. The third-order valence-corrected chi connectivity index (χ3v) is 6.55. The number of fused-ring (bicyclic) bond motifs is 2. The number of hydrogen-bond acceptors (Lipinski definition) is 5. The highest BCUT2D eigenvalue weighted by molar-refractivity contribution is 5.93. The van der Waals surface area contributed by atoms with Crippen molar-refractivity contribution in [1.82, 2.24) is 23.7 Å². The Hall–Kier alpha value is -4.14. The number of nitrogen functional groups attached to an aromatic ring is 1. The third-order valence-electron chi connectivity index (χ3n) is 6.55. The molecule has 8 nitrogen and oxygen atoms in total. The molecule has 0 aliphatic heterocycles. The number of pyridine rings is 1. The normalized spacial score (nSPS) is 12.2. The van der Waals surface area contributed by atoms with Crippen LogP contribution in [0.4, 0.5) is 15.9 Å². The van der Waals surface area contributed by atoms with E-state index in [0.29, 0.717) is 28.0 Å². The highest BCUT2D eigenvalue weighted by Gasteiger charge is 2.26. The summed E-state index contributed by atoms with van der Waals surface area (Å²) in [6, 6.07) is 10.8. The van der Waals surface area contributed by atoms with Gasteiger partial charge in [0.2, 0.25) is 0 Å². The van der Waals surface area contributed by atoms with Crippen molar-refractivity contribution in [2.75, 3.05) is 11.1 Å². The van der Waals surface area contributed by atoms with Crippen molar-refractivity contribution in [1.29, 1.82) is 0 Å². The molecule has 0 atom stereocenters. The Morgan fingerprint density at radius 3 is 2.41 bits per heavy atom. The predicted molar refractivity (Wildman–Crippen MR) is 148 cm³/mol. The Labute approximate surface area is 214 Å². The first-order valence-electron chi connectivity index (χ1n) is 12.3. The molecule has 0 aliphatic carbocycles. The maximum absolute atomic E-state index is 15.6. The first kappa shape index (κ1) is 24.5. The van der Waals surface area contributed by atoms with Crippen LogP contribution in [0, 0.1) is 5.82 Å². The van der Waals surface area contributed by atoms with Gasteiger partial charge in [-0.15, -0.1) is 0 Å². The predicted octanol–water partition coefficient (Wildman–Crippen LogP) is 5.12. The van der Waals surface area contributed by atoms with Crippen LogP contribution in [-0.4, -0.2) is 29.7 Å². The average Bonchev–Trinajstić information content (AvgIpc) is 3.29. The number of hydrogen-bond donors (Lipinski definition) is 2. The fraction of sp³-hybridized carbons (Fsp3) is 0.321. The molecule has 0 amide bonds. The van der Waals surface area contributed by atoms with Crippen molar-refractivity contribution in [2.24, 2.45) is 14.1 Å². The standard InChI is InChI=1S/C28H32FN7O/c1-15(2)32-21-11-17(12-23-25(21)35(7)27(37)34(23)6)36-22-14-19(29)18(16-8-9-31-24(30)10-16)13-20(22)33-26(36)28(3,4)5/h8-15,32H,1-7H3,(H2,30,31). The van der Waals surface area contributed by atoms with Gasteiger partial charge in [0.15, 0.2) is 0 Å². The summed E-state index contributed by atoms with van der Waals surface area (Å²) in [5.74, 6) is 0.724. The summed E-state index contributed by atoms with van der Waals surface area (Å²) in [5, 5.41) is 3.49. The fourth-order valence-electron chi connectivity index (χ4n) is 4.89. The average molecular weight is 502 g/mol. The molecule has 0 unspecified atom stereocenters. The molecule has 5 rings (SSSR count). The minimum absolute atomic E-state index is 0.113. The zero-order valence-corrected chi connectivity index (χ0v) is 22.2. The van der Waals surface area contributed by atoms with Crippen molar-refractivity contribution >= 4 is 33.6 Å². The van der Waals surface area contributed by atoms with Crippen molar-refractivity contribution in [3.05, 3.63) is 64.7 Å². The van der Waals surface area contributed by atoms with E-state index < -0.39 is 0 Å². The zero-order valence-electron chi connectivity index (χ0n) is 22.2. The van der Waals surface area contributed by atoms with Crippen molar-refractivity contribution in [2.45, 2.75) is 46.1 Å². The molecule has 2 aromatic carbocycles. The number of imidazole rings is 2. The second-order valence-electron chi connectivity index (χ2n) is 10.9. The van der Waals surface area contributed by atoms with E-state index in [4.69, 9.17) is 10.7 Å². The minimum Gasteiger partial charge on any atom is -0.384 e. The van der Waals surface area contributed by atoms with Gasteiger partial charge in [0, 0.05) is 43.4 Å². The van der Waals surface area contributed by atoms with E-state index in [-0.39, 0.29) is 23.0 Å². The fourth-order valence-corrected chi connectivity index (χ4v) is 4.89. The van der Waals surface area contributed by atoms with Gasteiger partial charge >= 0.3 is 5.69 Å². The molecule has 9 heteroatoms. The second kappa shape index (κ2) is 8.47. The zero-order chi connectivity index (χ0) is 26.8. The Kier molecular flexibility index (Phi) is 5.62. The molecule has 0 fully saturated rings. The van der Waals surface area contributed by atoms with Gasteiger partial charge in [-0.25, -0.2) is 19.2 Å². The van der Waals surface area contributed by atoms with Crippen LogP contribution in [-0.2, 0) is 19.5 Å². The van der Waals surface area contributed by atoms with E-state index in [0.717, 1.165) is 28.2 Å². The number of rotatable bonds is 4. The molecule has 37 heavy (non-hydrogen) atoms. The third kappa shape index (κ3) is 4.04. The van der Waals surface area contributed by atoms with Crippen molar-refractivity contribution in [3.63, 3.8) is 0 Å². The summed E-state index contributed by atoms with van der Waals surface area (Å²) in [4.78, 5) is 21.8. The Morgan fingerprint density at radius 1 is 1.03 bits per heavy atom. The van der Waals surface area contributed by atoms with Gasteiger partial charge < -0.3 is 11.1 Å². The summed E-state index contributed by atoms with van der Waals surface area (Å²) in [5.41, 5.74) is 11.0. The number of benzene rings is 2. The number of nitrogens with one attached hydrogen (secondary N) is 1. The van der Waals surface area contributed by atoms with Gasteiger partial charge in [0.25, 0.3) is 0 Å². The number of nitrogens with two attached hydrogens (primary N) is 1. The highest BCUT2D eigenvalue weighted by atomic mass is 19.1. The molecule has 0 bridgehead atoms. The molecule has 5 aromatic rings. The summed E-state index contributed by atoms with van der Waals surface area (Å²) < 4.78 is 20.9. The monoisotopic (exact) mass is 501 g/mol. The van der Waals surface area contributed by atoms with Gasteiger partial charge in [-0.1, -0.05) is 20.8 Å². The molecule has 3 aromatic heterocycles. The van der Waals surface area contributed by atoms with E-state index in [9.17, 15) is 4.79 Å². The Balaban J connectivity index is 1.85. The van der Waals surface area contributed by atoms with Gasteiger partial charge in [0.05, 0.1) is 33.4 Å². The molecule has 0 radical (unpaired) electrons. The first-order valence-corrected chi connectivity index (χ1v) is 12.3. The highest BCUT2D eigenvalue weighted by Crippen LogP contribution is 2.36. The largest absolute Gasteiger partial charge is 0.384 e. The van der Waals surface area contributed by atoms with E-state index in [2.05, 4.69) is 44.9 Å². The van der Waals surface area contributed by atoms with Crippen LogP contribution in [0.1, 0.15) is 40.4 Å². The smallest absolute Gasteiger partial charge is 0.328 e. The van der Waals surface area contributed by atoms with E-state index >= 15 is 4.39 Å². The quantitative estimate of drug-likeness (QED) is 0.357. The van der Waals surface area contributed by atoms with Gasteiger partial charge in [0.1, 0.15) is 17.5 Å². The SMILES string of the molecule is CC(C)Nc1cc(-n2c(C(C)(C)C)nc3cc(-c4ccnc(N)c4)c(F)cc32)cc2c1n(C)c(=O)n2C. The van der Waals surface area contributed by atoms with E-state index in [1.807, 2.05) is 16.7 Å². The topological polar surface area (TPSA) is 95.7 Å². The van der Waals surface area contributed by atoms with Crippen molar-refractivity contribution in [3.8, 4) is 16.8 Å². The molecule has 0 spiro atoms. The molecular formula is C28H32FN7O. The molecule has 0 aliphatic rings. The Morgan fingerprint density at radius 2 is 1.76 bits per heavy atom. The number of halogens is 1. The van der Waals surface area contributed by atoms with Gasteiger partial charge in [-0.2, -0.15) is 0 Å². The van der Waals surface area contributed by atoms with E-state index in [1.165, 1.54) is 6.07 Å². The lowest BCUT2D eigenvalue weighted by molar-refractivity contribution is 0.539. The van der Waals surface area contributed by atoms with Crippen LogP contribution in [0.5, 0.6) is 0 Å². The summed E-state index contributed by atoms with van der Waals surface area (Å²) in [7, 11) is 3.53. The van der Waals surface area contributed by atoms with Crippen LogP contribution in [0.25, 0.3) is 38.9 Å². The number of aryl methyl sites for hydroxylation is 2. The maximum atomic E-state index is 15.6. The van der Waals surface area contributed by atoms with Crippen LogP contribution < -0.4 is 16.7 Å². The number of anilines is 2. The van der Waals surface area contributed by atoms with Gasteiger partial charge in [-0.3, -0.25) is 13.7 Å². The van der Waals surface area contributed by atoms with E-state index in [1.54, 1.807) is 47.6 Å². The maximum Gasteiger partial charge on any atom is 0.328 e. The summed E-state index contributed by atoms with van der Waals surface area (Å²) in [6.07, 6.45) is 1.57. The van der Waals surface area contributed by atoms with Crippen LogP contribution in [0.2, 0.25) is 0 Å². The first-order chi connectivity index (χ1) is 17.4. The molecule has 192 valence electrons. The lowest BCUT2D eigenvalue weighted by Gasteiger charge is -2.22. The lowest BCUT2D eigenvalue weighted by Crippen LogP contribution is -2.19. The number of aromatic nitrogens is 5. The van der Waals surface area contributed by atoms with Crippen LogP contribution in [0.3, 0.4) is 0 Å². The molecule has 3 heterocycles. The van der Waals surface area contributed by atoms with Crippen molar-refractivity contribution < 1.29 is 4.39 Å². The molecule has 3 N–H and O–H groups in total. The molecule has 0 saturated carbocycles. The van der Waals surface area contributed by atoms with Crippen LogP contribution >= 0.6 is 0 Å². The summed E-state index contributed by atoms with van der Waals surface area (Å²) >= 11 is 0. The molecular weight excluding hydrogens is 469 g/mol. The number of nitrogens with zero attached hydrogens (tertiary/aromatic N) is 5. The second-order valence-corrected chi connectivity index (χ2v) is 10.9. The summed E-state index contributed by atoms with van der Waals surface area (Å²) in [6.45, 7) is 10.3. The van der Waals surface area contributed by atoms with Crippen LogP contribution in [0.15, 0.2) is 47.4 Å². The Bertz CT molecular complexity index is 1730.